The molecule has 0 aliphatic heterocycles. The van der Waals surface area contributed by atoms with Crippen molar-refractivity contribution in [2.24, 2.45) is 40.4 Å². The third kappa shape index (κ3) is 1150. The highest BCUT2D eigenvalue weighted by Crippen LogP contribution is 1.97. The van der Waals surface area contributed by atoms with Gasteiger partial charge in [0.2, 0.25) is 0 Å². The Morgan fingerprint density at radius 3 is 0.565 bits per heavy atom. The van der Waals surface area contributed by atoms with Crippen molar-refractivity contribution < 1.29 is 0 Å². The summed E-state index contributed by atoms with van der Waals surface area (Å²) in [4.78, 5) is 16.1. The van der Waals surface area contributed by atoms with Crippen LogP contribution < -0.4 is 0 Å². The molecule has 0 N–H and O–H groups in total. The molecule has 0 bridgehead atoms. The first-order valence-corrected chi connectivity index (χ1v) is 14.3. The normalized spacial score (nSPS) is 6.61. The molecule has 0 heterocycles. The van der Waals surface area contributed by atoms with Gasteiger partial charge in [-0.3, -0.25) is 9.98 Å². The summed E-state index contributed by atoms with van der Waals surface area (Å²) in [5.41, 5.74) is 7.44. The highest BCUT2D eigenvalue weighted by atomic mass is 15.2. The Balaban J connectivity index is -0.0000000327. The Labute approximate surface area is 290 Å². The van der Waals surface area contributed by atoms with E-state index in [1.54, 1.807) is 42.3 Å². The second-order valence-corrected chi connectivity index (χ2v) is 9.91. The van der Waals surface area contributed by atoms with Gasteiger partial charge in [-0.1, -0.05) is 22.3 Å². The molecule has 0 rings (SSSR count). The van der Waals surface area contributed by atoms with Crippen LogP contribution in [0.2, 0.25) is 0 Å². The topological polar surface area (TPSA) is 102 Å². The lowest BCUT2D eigenvalue weighted by atomic mass is 10.2. The van der Waals surface area contributed by atoms with Crippen LogP contribution in [0.15, 0.2) is 75.9 Å². The molecule has 0 fully saturated rings. The maximum Gasteiger partial charge on any atom is 0.0487 e. The van der Waals surface area contributed by atoms with E-state index >= 15 is 0 Å². The van der Waals surface area contributed by atoms with Crippen LogP contribution in [0.25, 0.3) is 0 Å². The molecule has 0 aromatic rings. The SMILES string of the molecule is C=C(C)C.C=C(C)C.C=NC.C=NC.C=NN=C.CC#CC.CC(C)=C(C)C.CN(C)C.CN=C(C)C.CN=C(C)C.CN=NC. The van der Waals surface area contributed by atoms with E-state index in [1.807, 2.05) is 95.3 Å². The summed E-state index contributed by atoms with van der Waals surface area (Å²) >= 11 is 0. The van der Waals surface area contributed by atoms with Gasteiger partial charge in [-0.25, -0.2) is 0 Å². The monoisotopic (exact) mass is 652 g/mol. The molecular formula is C37H81N9. The molecule has 0 aliphatic carbocycles. The predicted octanol–water partition coefficient (Wildman–Crippen LogP) is 10.6. The van der Waals surface area contributed by atoms with Crippen molar-refractivity contribution in [3.8, 4) is 11.8 Å². The molecule has 0 radical (unpaired) electrons. The fourth-order valence-electron chi connectivity index (χ4n) is 0. The van der Waals surface area contributed by atoms with E-state index in [-0.39, 0.29) is 0 Å². The van der Waals surface area contributed by atoms with E-state index < -0.39 is 0 Å². The summed E-state index contributed by atoms with van der Waals surface area (Å²) < 4.78 is 0. The Morgan fingerprint density at radius 2 is 0.565 bits per heavy atom. The van der Waals surface area contributed by atoms with Gasteiger partial charge < -0.3 is 14.9 Å². The van der Waals surface area contributed by atoms with E-state index in [1.165, 1.54) is 22.3 Å². The van der Waals surface area contributed by atoms with Gasteiger partial charge in [0.25, 0.3) is 0 Å². The molecule has 0 amide bonds. The van der Waals surface area contributed by atoms with Gasteiger partial charge in [0.05, 0.1) is 0 Å². The van der Waals surface area contributed by atoms with Crippen LogP contribution in [0.4, 0.5) is 0 Å². The molecular weight excluding hydrogens is 570 g/mol. The molecule has 9 heteroatoms. The van der Waals surface area contributed by atoms with Crippen LogP contribution in [-0.2, 0) is 0 Å². The minimum absolute atomic E-state index is 1.13. The average Bonchev–Trinajstić information content (AvgIpc) is 2.94. The number of allylic oxidation sites excluding steroid dienone is 4. The van der Waals surface area contributed by atoms with Crippen LogP contribution in [0.3, 0.4) is 0 Å². The third-order valence-corrected chi connectivity index (χ3v) is 2.44. The summed E-state index contributed by atoms with van der Waals surface area (Å²) in [5, 5.41) is 12.7. The molecule has 0 saturated heterocycles. The molecule has 0 atom stereocenters. The first kappa shape index (κ1) is 73.7. The standard InChI is InChI=1S/C6H12.2C4H9N.2C4H8.C4H6.C3H9N.C2H6N2.C2H4N2.2C2H5N/c1-5(2)6(3)4;2*1-4(2)5-3;2*1-4(2)3;1-3-4-2;1-4(2)3;2*1-3-4-2;2*1-3-2/h1-4H3;2*1-3H3;2*1H2,2-3H3;1-2H3;1-3H3;1-2H3;1-2H2;2*1H2,2H3. The molecule has 0 aromatic heterocycles. The summed E-state index contributed by atoms with van der Waals surface area (Å²) in [6, 6.07) is 0. The molecule has 0 saturated carbocycles. The van der Waals surface area contributed by atoms with Crippen molar-refractivity contribution in [2.75, 3.05) is 63.4 Å². The van der Waals surface area contributed by atoms with Crippen molar-refractivity contribution in [2.45, 2.75) is 96.9 Å². The quantitative estimate of drug-likeness (QED) is 0.0909. The zero-order chi connectivity index (χ0) is 40.1. The van der Waals surface area contributed by atoms with E-state index in [0.29, 0.717) is 0 Å². The second kappa shape index (κ2) is 90.0. The number of hydrogen-bond donors (Lipinski definition) is 0. The van der Waals surface area contributed by atoms with E-state index in [4.69, 9.17) is 0 Å². The van der Waals surface area contributed by atoms with Crippen LogP contribution in [0.1, 0.15) is 96.9 Å². The molecule has 46 heavy (non-hydrogen) atoms. The van der Waals surface area contributed by atoms with Gasteiger partial charge in [0.1, 0.15) is 0 Å². The summed E-state index contributed by atoms with van der Waals surface area (Å²) in [5.74, 6) is 5.36. The molecule has 274 valence electrons. The van der Waals surface area contributed by atoms with E-state index in [9.17, 15) is 0 Å². The Kier molecular flexibility index (Phi) is 144. The number of azo groups is 1. The van der Waals surface area contributed by atoms with Crippen molar-refractivity contribution in [1.82, 2.24) is 4.90 Å². The van der Waals surface area contributed by atoms with E-state index in [2.05, 4.69) is 120 Å². The van der Waals surface area contributed by atoms with Crippen molar-refractivity contribution in [3.63, 3.8) is 0 Å². The van der Waals surface area contributed by atoms with E-state index in [0.717, 1.165) is 11.4 Å². The van der Waals surface area contributed by atoms with Crippen molar-refractivity contribution in [3.05, 3.63) is 35.5 Å². The van der Waals surface area contributed by atoms with Crippen molar-refractivity contribution >= 4 is 38.3 Å². The highest BCUT2D eigenvalue weighted by Gasteiger charge is 1.75. The molecule has 0 aliphatic rings. The largest absolute Gasteiger partial charge is 0.312 e. The number of nitrogens with zero attached hydrogens (tertiary/aromatic N) is 9. The molecule has 0 aromatic carbocycles. The first-order valence-electron chi connectivity index (χ1n) is 14.3. The van der Waals surface area contributed by atoms with Crippen LogP contribution in [0.5, 0.6) is 0 Å². The third-order valence-electron chi connectivity index (χ3n) is 2.44. The van der Waals surface area contributed by atoms with Gasteiger partial charge in [0, 0.05) is 67.1 Å². The Hall–Kier alpha value is -3.64. The zero-order valence-electron chi connectivity index (χ0n) is 35.3. The lowest BCUT2D eigenvalue weighted by Crippen LogP contribution is -1.99. The molecule has 0 spiro atoms. The first-order chi connectivity index (χ1) is 21.0. The van der Waals surface area contributed by atoms with Gasteiger partial charge >= 0.3 is 0 Å². The molecule has 0 unspecified atom stereocenters. The smallest absolute Gasteiger partial charge is 0.0487 e. The highest BCUT2D eigenvalue weighted by molar-refractivity contribution is 5.79. The fourth-order valence-corrected chi connectivity index (χ4v) is 0. The maximum absolute atomic E-state index is 3.81. The zero-order valence-corrected chi connectivity index (χ0v) is 35.3. The number of hydrogen-bond acceptors (Lipinski definition) is 9. The fraction of sp³-hybridized carbons (Fsp3) is 0.622. The van der Waals surface area contributed by atoms with Crippen LogP contribution in [0, 0.1) is 11.8 Å². The number of aliphatic imine (C=N–C) groups is 4. The summed E-state index contributed by atoms with van der Waals surface area (Å²) in [6.45, 7) is 47.2. The van der Waals surface area contributed by atoms with Gasteiger partial charge in [-0.2, -0.15) is 20.4 Å². The minimum Gasteiger partial charge on any atom is -0.312 e. The predicted molar refractivity (Wildman–Crippen MR) is 226 cm³/mol. The summed E-state index contributed by atoms with van der Waals surface area (Å²) in [6.07, 6.45) is 0. The summed E-state index contributed by atoms with van der Waals surface area (Å²) in [7, 11) is 16.1. The van der Waals surface area contributed by atoms with Crippen LogP contribution in [-0.4, -0.2) is 107 Å². The lowest BCUT2D eigenvalue weighted by molar-refractivity contribution is 0.505. The average molecular weight is 652 g/mol. The lowest BCUT2D eigenvalue weighted by Gasteiger charge is -1.90. The van der Waals surface area contributed by atoms with Gasteiger partial charge in [0.15, 0.2) is 0 Å². The van der Waals surface area contributed by atoms with Gasteiger partial charge in [-0.05, 0) is 132 Å². The number of rotatable bonds is 1. The Morgan fingerprint density at radius 1 is 0.457 bits per heavy atom. The second-order valence-electron chi connectivity index (χ2n) is 9.91. The molecule has 9 nitrogen and oxygen atoms in total. The minimum atomic E-state index is 1.13. The van der Waals surface area contributed by atoms with Crippen molar-refractivity contribution in [1.29, 1.82) is 0 Å². The Bertz CT molecular complexity index is 718. The van der Waals surface area contributed by atoms with Crippen LogP contribution >= 0.6 is 0 Å². The van der Waals surface area contributed by atoms with Gasteiger partial charge in [-0.15, -0.1) is 25.0 Å². The maximum atomic E-state index is 3.81.